The zero-order valence-electron chi connectivity index (χ0n) is 7.38. The van der Waals surface area contributed by atoms with Crippen LogP contribution in [0.4, 0.5) is 0 Å². The predicted octanol–water partition coefficient (Wildman–Crippen LogP) is 1.55. The van der Waals surface area contributed by atoms with Crippen LogP contribution in [0.1, 0.15) is 38.5 Å². The summed E-state index contributed by atoms with van der Waals surface area (Å²) < 4.78 is 0. The Bertz CT molecular complexity index is 238. The normalized spacial score (nSPS) is 45.2. The summed E-state index contributed by atoms with van der Waals surface area (Å²) in [5.74, 6) is 1.19. The molecule has 0 bridgehead atoms. The van der Waals surface area contributed by atoms with Crippen molar-refractivity contribution in [3.05, 3.63) is 0 Å². The van der Waals surface area contributed by atoms with Gasteiger partial charge in [-0.1, -0.05) is 12.8 Å². The van der Waals surface area contributed by atoms with E-state index in [2.05, 4.69) is 4.90 Å². The first-order valence-corrected chi connectivity index (χ1v) is 5.13. The van der Waals surface area contributed by atoms with E-state index in [1.54, 1.807) is 0 Å². The summed E-state index contributed by atoms with van der Waals surface area (Å²) in [5.41, 5.74) is 0.396. The maximum absolute atomic E-state index is 11.5. The van der Waals surface area contributed by atoms with Gasteiger partial charge >= 0.3 is 0 Å². The number of piperidine rings is 1. The molecule has 1 amide bonds. The van der Waals surface area contributed by atoms with Crippen LogP contribution in [0.2, 0.25) is 0 Å². The Morgan fingerprint density at radius 3 is 3.17 bits per heavy atom. The Morgan fingerprint density at radius 2 is 2.25 bits per heavy atom. The number of hydrogen-bond donors (Lipinski definition) is 0. The minimum Gasteiger partial charge on any atom is -0.337 e. The van der Waals surface area contributed by atoms with Crippen molar-refractivity contribution in [2.24, 2.45) is 5.92 Å². The highest BCUT2D eigenvalue weighted by Gasteiger charge is 2.64. The summed E-state index contributed by atoms with van der Waals surface area (Å²) >= 11 is 0. The molecule has 3 rings (SSSR count). The van der Waals surface area contributed by atoms with E-state index in [0.29, 0.717) is 11.4 Å². The van der Waals surface area contributed by atoms with Crippen LogP contribution in [-0.2, 0) is 4.79 Å². The summed E-state index contributed by atoms with van der Waals surface area (Å²) in [4.78, 5) is 13.7. The van der Waals surface area contributed by atoms with Gasteiger partial charge in [0.2, 0.25) is 5.91 Å². The van der Waals surface area contributed by atoms with Gasteiger partial charge in [0.1, 0.15) is 0 Å². The first-order chi connectivity index (χ1) is 5.83. The first kappa shape index (κ1) is 6.93. The number of hydrogen-bond acceptors (Lipinski definition) is 1. The zero-order chi connectivity index (χ0) is 8.18. The number of rotatable bonds is 0. The highest BCUT2D eigenvalue weighted by molar-refractivity contribution is 5.82. The zero-order valence-corrected chi connectivity index (χ0v) is 7.38. The van der Waals surface area contributed by atoms with Crippen LogP contribution < -0.4 is 0 Å². The van der Waals surface area contributed by atoms with Crippen LogP contribution >= 0.6 is 0 Å². The summed E-state index contributed by atoms with van der Waals surface area (Å²) in [5, 5.41) is 0. The molecule has 0 aromatic heterocycles. The second-order valence-corrected chi connectivity index (χ2v) is 4.56. The molecule has 2 saturated heterocycles. The molecule has 3 aliphatic rings. The van der Waals surface area contributed by atoms with Crippen molar-refractivity contribution >= 4 is 5.91 Å². The fourth-order valence-corrected chi connectivity index (χ4v) is 3.20. The Hall–Kier alpha value is -0.530. The van der Waals surface area contributed by atoms with Gasteiger partial charge in [-0.05, 0) is 25.2 Å². The van der Waals surface area contributed by atoms with Gasteiger partial charge in [0, 0.05) is 18.5 Å². The Labute approximate surface area is 72.9 Å². The average Bonchev–Trinajstić information content (AvgIpc) is 2.72. The molecule has 2 aliphatic heterocycles. The maximum atomic E-state index is 11.5. The van der Waals surface area contributed by atoms with E-state index in [1.165, 1.54) is 32.1 Å². The van der Waals surface area contributed by atoms with Gasteiger partial charge in [-0.2, -0.15) is 0 Å². The third-order valence-corrected chi connectivity index (χ3v) is 3.95. The van der Waals surface area contributed by atoms with Crippen LogP contribution in [0.15, 0.2) is 0 Å². The lowest BCUT2D eigenvalue weighted by atomic mass is 10.1. The van der Waals surface area contributed by atoms with Crippen molar-refractivity contribution in [1.29, 1.82) is 0 Å². The molecule has 2 heterocycles. The summed E-state index contributed by atoms with van der Waals surface area (Å²) in [6, 6.07) is 0. The molecule has 1 spiro atoms. The number of nitrogens with zero attached hydrogens (tertiary/aromatic N) is 1. The predicted molar refractivity (Wildman–Crippen MR) is 45.6 cm³/mol. The molecule has 0 radical (unpaired) electrons. The first-order valence-electron chi connectivity index (χ1n) is 5.13. The maximum Gasteiger partial charge on any atom is 0.223 e. The largest absolute Gasteiger partial charge is 0.337 e. The van der Waals surface area contributed by atoms with Crippen molar-refractivity contribution in [2.45, 2.75) is 44.1 Å². The van der Waals surface area contributed by atoms with Crippen LogP contribution in [0, 0.1) is 5.92 Å². The molecule has 1 aliphatic carbocycles. The fraction of sp³-hybridized carbons (Fsp3) is 0.900. The second kappa shape index (κ2) is 2.04. The van der Waals surface area contributed by atoms with E-state index in [4.69, 9.17) is 0 Å². The van der Waals surface area contributed by atoms with Crippen molar-refractivity contribution in [3.63, 3.8) is 0 Å². The van der Waals surface area contributed by atoms with E-state index < -0.39 is 0 Å². The summed E-state index contributed by atoms with van der Waals surface area (Å²) in [7, 11) is 0. The lowest BCUT2D eigenvalue weighted by Crippen LogP contribution is -2.37. The lowest BCUT2D eigenvalue weighted by molar-refractivity contribution is -0.130. The van der Waals surface area contributed by atoms with Crippen LogP contribution in [0.5, 0.6) is 0 Å². The van der Waals surface area contributed by atoms with Crippen LogP contribution in [-0.4, -0.2) is 22.9 Å². The smallest absolute Gasteiger partial charge is 0.223 e. The van der Waals surface area contributed by atoms with Crippen molar-refractivity contribution < 1.29 is 4.79 Å². The highest BCUT2D eigenvalue weighted by atomic mass is 16.2. The minimum absolute atomic E-state index is 0.396. The molecule has 0 unspecified atom stereocenters. The average molecular weight is 165 g/mol. The second-order valence-electron chi connectivity index (χ2n) is 4.56. The number of carbonyl (C=O) groups is 1. The Kier molecular flexibility index (Phi) is 1.18. The molecule has 2 atom stereocenters. The van der Waals surface area contributed by atoms with Gasteiger partial charge in [0.25, 0.3) is 0 Å². The fourth-order valence-electron chi connectivity index (χ4n) is 3.20. The highest BCUT2D eigenvalue weighted by Crippen LogP contribution is 2.59. The van der Waals surface area contributed by atoms with E-state index in [1.807, 2.05) is 0 Å². The Morgan fingerprint density at radius 1 is 1.33 bits per heavy atom. The number of amides is 1. The molecular weight excluding hydrogens is 150 g/mol. The molecule has 1 saturated carbocycles. The van der Waals surface area contributed by atoms with Gasteiger partial charge in [0.15, 0.2) is 0 Å². The van der Waals surface area contributed by atoms with E-state index in [9.17, 15) is 4.79 Å². The molecule has 0 aromatic rings. The molecule has 0 N–H and O–H groups in total. The third kappa shape index (κ3) is 0.686. The van der Waals surface area contributed by atoms with Gasteiger partial charge in [-0.3, -0.25) is 4.79 Å². The minimum atomic E-state index is 0.396. The quantitative estimate of drug-likeness (QED) is 0.533. The van der Waals surface area contributed by atoms with Gasteiger partial charge in [-0.15, -0.1) is 0 Å². The molecular formula is C10H15NO. The van der Waals surface area contributed by atoms with E-state index in [-0.39, 0.29) is 0 Å². The van der Waals surface area contributed by atoms with Gasteiger partial charge in [0.05, 0.1) is 0 Å². The third-order valence-electron chi connectivity index (χ3n) is 3.95. The molecule has 12 heavy (non-hydrogen) atoms. The van der Waals surface area contributed by atoms with Gasteiger partial charge in [-0.25, -0.2) is 0 Å². The Balaban J connectivity index is 1.91. The van der Waals surface area contributed by atoms with Crippen LogP contribution in [0.3, 0.4) is 0 Å². The van der Waals surface area contributed by atoms with Gasteiger partial charge < -0.3 is 4.90 Å². The van der Waals surface area contributed by atoms with Crippen molar-refractivity contribution in [3.8, 4) is 0 Å². The summed E-state index contributed by atoms with van der Waals surface area (Å²) in [6.07, 6.45) is 7.39. The topological polar surface area (TPSA) is 20.3 Å². The standard InChI is InChI=1S/C10H15NO/c12-9-6-8-7-10(8)4-2-1-3-5-11(9)10/h8H,1-7H2/t8-,10+/m0/s1. The molecule has 2 nitrogen and oxygen atoms in total. The van der Waals surface area contributed by atoms with Crippen molar-refractivity contribution in [2.75, 3.05) is 6.54 Å². The summed E-state index contributed by atoms with van der Waals surface area (Å²) in [6.45, 7) is 1.05. The lowest BCUT2D eigenvalue weighted by Gasteiger charge is -2.25. The SMILES string of the molecule is O=C1C[C@H]2C[C@]23CCCCCN13. The monoisotopic (exact) mass is 165 g/mol. The van der Waals surface area contributed by atoms with Crippen molar-refractivity contribution in [1.82, 2.24) is 4.90 Å². The molecule has 0 aromatic carbocycles. The van der Waals surface area contributed by atoms with E-state index in [0.717, 1.165) is 18.9 Å². The molecule has 66 valence electrons. The number of carbonyl (C=O) groups excluding carboxylic acids is 1. The van der Waals surface area contributed by atoms with Crippen LogP contribution in [0.25, 0.3) is 0 Å². The molecule has 2 heteroatoms. The molecule has 3 fully saturated rings. The van der Waals surface area contributed by atoms with E-state index >= 15 is 0 Å².